The molecule has 4 nitrogen and oxygen atoms in total. The van der Waals surface area contributed by atoms with Gasteiger partial charge in [0, 0.05) is 16.6 Å². The summed E-state index contributed by atoms with van der Waals surface area (Å²) < 4.78 is 23.2. The summed E-state index contributed by atoms with van der Waals surface area (Å²) in [7, 11) is -3.52. The Morgan fingerprint density at radius 3 is 2.82 bits per heavy atom. The molecule has 0 saturated heterocycles. The van der Waals surface area contributed by atoms with Crippen LogP contribution in [0.3, 0.4) is 0 Å². The molecule has 1 aliphatic carbocycles. The van der Waals surface area contributed by atoms with Crippen LogP contribution in [-0.4, -0.2) is 13.4 Å². The van der Waals surface area contributed by atoms with E-state index in [1.54, 1.807) is 0 Å². The molecular formula is C12H14N2O2S. The van der Waals surface area contributed by atoms with E-state index in [0.717, 1.165) is 35.0 Å². The number of aryl methyl sites for hydroxylation is 1. The van der Waals surface area contributed by atoms with Gasteiger partial charge in [-0.05, 0) is 30.9 Å². The molecule has 17 heavy (non-hydrogen) atoms. The zero-order chi connectivity index (χ0) is 12.0. The maximum Gasteiger partial charge on any atom is 0.217 e. The molecule has 3 rings (SSSR count). The lowest BCUT2D eigenvalue weighted by Gasteiger charge is -2.20. The van der Waals surface area contributed by atoms with Crippen molar-refractivity contribution in [3.05, 3.63) is 35.5 Å². The number of hydrogen-bond acceptors (Lipinski definition) is 2. The van der Waals surface area contributed by atoms with E-state index in [1.165, 1.54) is 0 Å². The van der Waals surface area contributed by atoms with Crippen molar-refractivity contribution in [2.24, 2.45) is 5.14 Å². The Hall–Kier alpha value is -1.33. The Morgan fingerprint density at radius 2 is 2.06 bits per heavy atom. The molecule has 1 aromatic carbocycles. The van der Waals surface area contributed by atoms with E-state index in [4.69, 9.17) is 5.14 Å². The van der Waals surface area contributed by atoms with Crippen molar-refractivity contribution in [3.63, 3.8) is 0 Å². The highest BCUT2D eigenvalue weighted by molar-refractivity contribution is 7.89. The molecule has 0 spiro atoms. The predicted molar refractivity (Wildman–Crippen MR) is 67.1 cm³/mol. The van der Waals surface area contributed by atoms with Crippen molar-refractivity contribution in [2.45, 2.75) is 24.5 Å². The van der Waals surface area contributed by atoms with Crippen LogP contribution in [0.1, 0.15) is 29.3 Å². The number of nitrogens with two attached hydrogens (primary N) is 1. The third-order valence-corrected chi connectivity index (χ3v) is 4.72. The van der Waals surface area contributed by atoms with Gasteiger partial charge in [0.05, 0.1) is 0 Å². The van der Waals surface area contributed by atoms with Crippen molar-refractivity contribution >= 4 is 20.9 Å². The van der Waals surface area contributed by atoms with E-state index in [1.807, 2.05) is 24.3 Å². The van der Waals surface area contributed by atoms with Gasteiger partial charge in [0.15, 0.2) is 0 Å². The van der Waals surface area contributed by atoms with Crippen LogP contribution < -0.4 is 5.14 Å². The third-order valence-electron chi connectivity index (χ3n) is 3.46. The van der Waals surface area contributed by atoms with Gasteiger partial charge in [-0.1, -0.05) is 18.2 Å². The van der Waals surface area contributed by atoms with Crippen LogP contribution in [0.25, 0.3) is 10.9 Å². The molecule has 0 saturated carbocycles. The Bertz CT molecular complexity index is 673. The molecule has 1 aliphatic rings. The van der Waals surface area contributed by atoms with Crippen LogP contribution in [0.4, 0.5) is 0 Å². The summed E-state index contributed by atoms with van der Waals surface area (Å²) in [5.74, 6) is 0. The van der Waals surface area contributed by atoms with E-state index in [0.29, 0.717) is 6.42 Å². The van der Waals surface area contributed by atoms with Crippen LogP contribution in [0.15, 0.2) is 24.3 Å². The topological polar surface area (TPSA) is 76.0 Å². The van der Waals surface area contributed by atoms with E-state index in [9.17, 15) is 8.42 Å². The Morgan fingerprint density at radius 1 is 1.29 bits per heavy atom. The van der Waals surface area contributed by atoms with E-state index in [-0.39, 0.29) is 0 Å². The van der Waals surface area contributed by atoms with Crippen LogP contribution >= 0.6 is 0 Å². The van der Waals surface area contributed by atoms with E-state index in [2.05, 4.69) is 4.98 Å². The first-order valence-electron chi connectivity index (χ1n) is 5.68. The number of primary sulfonamides is 1. The van der Waals surface area contributed by atoms with Gasteiger partial charge in [0.2, 0.25) is 10.0 Å². The molecule has 0 bridgehead atoms. The molecule has 1 atom stereocenters. The van der Waals surface area contributed by atoms with Crippen molar-refractivity contribution < 1.29 is 8.42 Å². The second kappa shape index (κ2) is 3.58. The standard InChI is InChI=1S/C12H14N2O2S/c13-17(15,16)11-7-3-5-9-8-4-1-2-6-10(8)14-12(9)11/h1-2,4,6,11,14H,3,5,7H2,(H2,13,15,16). The summed E-state index contributed by atoms with van der Waals surface area (Å²) in [5.41, 5.74) is 2.90. The highest BCUT2D eigenvalue weighted by Crippen LogP contribution is 2.37. The van der Waals surface area contributed by atoms with Crippen molar-refractivity contribution in [3.8, 4) is 0 Å². The number of nitrogens with one attached hydrogen (secondary N) is 1. The van der Waals surface area contributed by atoms with Crippen LogP contribution in [0.5, 0.6) is 0 Å². The summed E-state index contributed by atoms with van der Waals surface area (Å²) in [6, 6.07) is 7.90. The number of aromatic nitrogens is 1. The highest BCUT2D eigenvalue weighted by atomic mass is 32.2. The maximum atomic E-state index is 11.6. The third kappa shape index (κ3) is 1.66. The molecular weight excluding hydrogens is 236 g/mol. The van der Waals surface area contributed by atoms with Gasteiger partial charge >= 0.3 is 0 Å². The molecule has 0 radical (unpaired) electrons. The monoisotopic (exact) mass is 250 g/mol. The van der Waals surface area contributed by atoms with Gasteiger partial charge in [0.1, 0.15) is 5.25 Å². The van der Waals surface area contributed by atoms with Gasteiger partial charge in [-0.25, -0.2) is 13.6 Å². The van der Waals surface area contributed by atoms with Crippen LogP contribution in [0, 0.1) is 0 Å². The quantitative estimate of drug-likeness (QED) is 0.810. The summed E-state index contributed by atoms with van der Waals surface area (Å²) in [5, 5.41) is 5.85. The second-order valence-corrected chi connectivity index (χ2v) is 6.28. The molecule has 5 heteroatoms. The highest BCUT2D eigenvalue weighted by Gasteiger charge is 2.31. The first-order valence-corrected chi connectivity index (χ1v) is 7.29. The first kappa shape index (κ1) is 10.8. The lowest BCUT2D eigenvalue weighted by atomic mass is 9.95. The number of fused-ring (bicyclic) bond motifs is 3. The number of hydrogen-bond donors (Lipinski definition) is 2. The number of rotatable bonds is 1. The second-order valence-electron chi connectivity index (χ2n) is 4.53. The van der Waals surface area contributed by atoms with Crippen molar-refractivity contribution in [1.29, 1.82) is 0 Å². The fourth-order valence-electron chi connectivity index (χ4n) is 2.70. The Balaban J connectivity index is 2.28. The molecule has 1 heterocycles. The average molecular weight is 250 g/mol. The Kier molecular flexibility index (Phi) is 2.27. The predicted octanol–water partition coefficient (Wildman–Crippen LogP) is 1.83. The first-order chi connectivity index (χ1) is 8.07. The fourth-order valence-corrected chi connectivity index (χ4v) is 3.73. The van der Waals surface area contributed by atoms with Gasteiger partial charge in [-0.2, -0.15) is 0 Å². The maximum absolute atomic E-state index is 11.6. The molecule has 0 aliphatic heterocycles. The number of H-pyrrole nitrogens is 1. The summed E-state index contributed by atoms with van der Waals surface area (Å²) in [6.07, 6.45) is 2.40. The number of sulfonamides is 1. The lowest BCUT2D eigenvalue weighted by molar-refractivity contribution is 0.559. The van der Waals surface area contributed by atoms with Gasteiger partial charge in [0.25, 0.3) is 0 Å². The molecule has 1 aromatic heterocycles. The molecule has 0 amide bonds. The average Bonchev–Trinajstić information content (AvgIpc) is 2.65. The van der Waals surface area contributed by atoms with Crippen molar-refractivity contribution in [2.75, 3.05) is 0 Å². The molecule has 0 fully saturated rings. The summed E-state index contributed by atoms with van der Waals surface area (Å²) >= 11 is 0. The van der Waals surface area contributed by atoms with Gasteiger partial charge in [-0.3, -0.25) is 0 Å². The fraction of sp³-hybridized carbons (Fsp3) is 0.333. The zero-order valence-corrected chi connectivity index (χ0v) is 10.1. The normalized spacial score (nSPS) is 20.4. The van der Waals surface area contributed by atoms with Crippen LogP contribution in [0.2, 0.25) is 0 Å². The zero-order valence-electron chi connectivity index (χ0n) is 9.31. The Labute approximate surface area is 99.9 Å². The smallest absolute Gasteiger partial charge is 0.217 e. The van der Waals surface area contributed by atoms with E-state index < -0.39 is 15.3 Å². The molecule has 3 N–H and O–H groups in total. The summed E-state index contributed by atoms with van der Waals surface area (Å²) in [4.78, 5) is 3.21. The minimum Gasteiger partial charge on any atom is -0.357 e. The lowest BCUT2D eigenvalue weighted by Crippen LogP contribution is -2.25. The minimum absolute atomic E-state index is 0.571. The molecule has 2 aromatic rings. The minimum atomic E-state index is -3.52. The molecule has 90 valence electrons. The summed E-state index contributed by atoms with van der Waals surface area (Å²) in [6.45, 7) is 0. The number of benzene rings is 1. The number of para-hydroxylation sites is 1. The van der Waals surface area contributed by atoms with Crippen LogP contribution in [-0.2, 0) is 16.4 Å². The number of aromatic amines is 1. The van der Waals surface area contributed by atoms with Crippen molar-refractivity contribution in [1.82, 2.24) is 4.98 Å². The molecule has 1 unspecified atom stereocenters. The largest absolute Gasteiger partial charge is 0.357 e. The van der Waals surface area contributed by atoms with Gasteiger partial charge in [-0.15, -0.1) is 0 Å². The SMILES string of the molecule is NS(=O)(=O)C1CCCc2c1[nH]c1ccccc21. The van der Waals surface area contributed by atoms with E-state index >= 15 is 0 Å². The van der Waals surface area contributed by atoms with Gasteiger partial charge < -0.3 is 4.98 Å².